The predicted molar refractivity (Wildman–Crippen MR) is 98.7 cm³/mol. The van der Waals surface area contributed by atoms with Gasteiger partial charge in [0.1, 0.15) is 0 Å². The summed E-state index contributed by atoms with van der Waals surface area (Å²) in [6.07, 6.45) is 0. The van der Waals surface area contributed by atoms with Crippen LogP contribution in [0, 0.1) is 5.82 Å². The van der Waals surface area contributed by atoms with Gasteiger partial charge in [-0.2, -0.15) is 5.10 Å². The average Bonchev–Trinajstić information content (AvgIpc) is 2.63. The number of methoxy groups -OCH3 is 1. The molecule has 0 amide bonds. The van der Waals surface area contributed by atoms with Crippen LogP contribution in [0.5, 0.6) is 5.75 Å². The van der Waals surface area contributed by atoms with E-state index in [2.05, 4.69) is 9.82 Å². The first-order valence-electron chi connectivity index (χ1n) is 7.81. The fourth-order valence-electron chi connectivity index (χ4n) is 2.43. The number of benzene rings is 2. The highest BCUT2D eigenvalue weighted by atomic mass is 32.2. The number of anilines is 1. The highest BCUT2D eigenvalue weighted by molar-refractivity contribution is 7.92. The molecule has 7 nitrogen and oxygen atoms in total. The fraction of sp³-hybridized carbons (Fsp3) is 0.111. The van der Waals surface area contributed by atoms with Gasteiger partial charge in [-0.05, 0) is 36.4 Å². The summed E-state index contributed by atoms with van der Waals surface area (Å²) in [5, 5.41) is 4.13. The van der Waals surface area contributed by atoms with E-state index in [1.807, 2.05) is 0 Å². The van der Waals surface area contributed by atoms with E-state index < -0.39 is 15.8 Å². The van der Waals surface area contributed by atoms with Crippen LogP contribution in [0.15, 0.2) is 64.3 Å². The molecule has 3 rings (SSSR count). The van der Waals surface area contributed by atoms with Gasteiger partial charge in [0.15, 0.2) is 11.6 Å². The van der Waals surface area contributed by atoms with Gasteiger partial charge in [0, 0.05) is 24.4 Å². The molecule has 27 heavy (non-hydrogen) atoms. The Morgan fingerprint density at radius 3 is 2.56 bits per heavy atom. The van der Waals surface area contributed by atoms with Crippen LogP contribution < -0.4 is 15.0 Å². The molecule has 2 aromatic carbocycles. The Kier molecular flexibility index (Phi) is 4.95. The first-order chi connectivity index (χ1) is 12.8. The Hall–Kier alpha value is -3.20. The van der Waals surface area contributed by atoms with Crippen LogP contribution in [-0.2, 0) is 17.1 Å². The molecule has 0 unspecified atom stereocenters. The smallest absolute Gasteiger partial charge is 0.266 e. The van der Waals surface area contributed by atoms with Crippen molar-refractivity contribution in [2.45, 2.75) is 4.90 Å². The normalized spacial score (nSPS) is 11.2. The first-order valence-corrected chi connectivity index (χ1v) is 9.29. The van der Waals surface area contributed by atoms with Crippen LogP contribution in [0.25, 0.3) is 11.3 Å². The second-order valence-electron chi connectivity index (χ2n) is 5.66. The van der Waals surface area contributed by atoms with Crippen LogP contribution in [0.4, 0.5) is 10.1 Å². The number of hydrogen-bond donors (Lipinski definition) is 1. The third kappa shape index (κ3) is 3.98. The Bertz CT molecular complexity index is 1160. The van der Waals surface area contributed by atoms with E-state index in [0.29, 0.717) is 11.3 Å². The maximum Gasteiger partial charge on any atom is 0.266 e. The SMILES string of the molecule is COc1ccc(S(=O)(=O)Nc2cccc(-c3ccc(=O)n(C)n3)c2)cc1F. The number of halogens is 1. The van der Waals surface area contributed by atoms with Crippen LogP contribution in [0.3, 0.4) is 0 Å². The van der Waals surface area contributed by atoms with Gasteiger partial charge >= 0.3 is 0 Å². The maximum absolute atomic E-state index is 13.8. The molecule has 3 aromatic rings. The number of nitrogens with zero attached hydrogens (tertiary/aromatic N) is 2. The van der Waals surface area contributed by atoms with Crippen molar-refractivity contribution < 1.29 is 17.5 Å². The van der Waals surface area contributed by atoms with E-state index in [-0.39, 0.29) is 21.9 Å². The Balaban J connectivity index is 1.92. The number of sulfonamides is 1. The van der Waals surface area contributed by atoms with Gasteiger partial charge < -0.3 is 4.74 Å². The summed E-state index contributed by atoms with van der Waals surface area (Å²) in [7, 11) is -1.18. The summed E-state index contributed by atoms with van der Waals surface area (Å²) in [5.41, 5.74) is 1.15. The lowest BCUT2D eigenvalue weighted by molar-refractivity contribution is 0.385. The zero-order valence-electron chi connectivity index (χ0n) is 14.5. The number of aromatic nitrogens is 2. The molecule has 0 fully saturated rings. The van der Waals surface area contributed by atoms with E-state index in [1.54, 1.807) is 30.3 Å². The summed E-state index contributed by atoms with van der Waals surface area (Å²) in [6, 6.07) is 12.8. The van der Waals surface area contributed by atoms with E-state index >= 15 is 0 Å². The molecular formula is C18H16FN3O4S. The third-order valence-electron chi connectivity index (χ3n) is 3.80. The van der Waals surface area contributed by atoms with Crippen molar-refractivity contribution in [3.8, 4) is 17.0 Å². The maximum atomic E-state index is 13.8. The molecule has 0 atom stereocenters. The van der Waals surface area contributed by atoms with Crippen LogP contribution in [-0.4, -0.2) is 25.3 Å². The average molecular weight is 389 g/mol. The molecule has 140 valence electrons. The van der Waals surface area contributed by atoms with Gasteiger partial charge in [0.25, 0.3) is 15.6 Å². The number of ether oxygens (including phenoxy) is 1. The van der Waals surface area contributed by atoms with Gasteiger partial charge in [0.05, 0.1) is 17.7 Å². The number of rotatable bonds is 5. The van der Waals surface area contributed by atoms with Crippen molar-refractivity contribution >= 4 is 15.7 Å². The summed E-state index contributed by atoms with van der Waals surface area (Å²) in [5.74, 6) is -0.819. The van der Waals surface area contributed by atoms with Gasteiger partial charge in [0.2, 0.25) is 0 Å². The van der Waals surface area contributed by atoms with Crippen molar-refractivity contribution in [1.29, 1.82) is 0 Å². The lowest BCUT2D eigenvalue weighted by atomic mass is 10.1. The monoisotopic (exact) mass is 389 g/mol. The highest BCUT2D eigenvalue weighted by Gasteiger charge is 2.17. The van der Waals surface area contributed by atoms with Crippen molar-refractivity contribution in [2.75, 3.05) is 11.8 Å². The van der Waals surface area contributed by atoms with Crippen LogP contribution in [0.2, 0.25) is 0 Å². The lowest BCUT2D eigenvalue weighted by Crippen LogP contribution is -2.18. The molecule has 0 saturated carbocycles. The van der Waals surface area contributed by atoms with Gasteiger partial charge in [-0.3, -0.25) is 9.52 Å². The predicted octanol–water partition coefficient (Wildman–Crippen LogP) is 2.40. The quantitative estimate of drug-likeness (QED) is 0.724. The molecule has 1 heterocycles. The minimum Gasteiger partial charge on any atom is -0.494 e. The number of aryl methyl sites for hydroxylation is 1. The second-order valence-corrected chi connectivity index (χ2v) is 7.35. The third-order valence-corrected chi connectivity index (χ3v) is 5.18. The zero-order chi connectivity index (χ0) is 19.6. The van der Waals surface area contributed by atoms with E-state index in [1.165, 1.54) is 37.0 Å². The number of nitrogens with one attached hydrogen (secondary N) is 1. The van der Waals surface area contributed by atoms with E-state index in [4.69, 9.17) is 4.74 Å². The fourth-order valence-corrected chi connectivity index (χ4v) is 3.49. The molecule has 0 saturated heterocycles. The molecule has 1 aromatic heterocycles. The zero-order valence-corrected chi connectivity index (χ0v) is 15.3. The Morgan fingerprint density at radius 2 is 1.89 bits per heavy atom. The molecule has 0 spiro atoms. The summed E-state index contributed by atoms with van der Waals surface area (Å²) >= 11 is 0. The van der Waals surface area contributed by atoms with Crippen molar-refractivity contribution in [1.82, 2.24) is 9.78 Å². The second kappa shape index (κ2) is 7.20. The molecule has 0 aliphatic rings. The number of hydrogen-bond acceptors (Lipinski definition) is 5. The largest absolute Gasteiger partial charge is 0.494 e. The molecule has 0 aliphatic heterocycles. The molecule has 9 heteroatoms. The molecule has 0 aliphatic carbocycles. The van der Waals surface area contributed by atoms with Crippen molar-refractivity contribution in [2.24, 2.45) is 7.05 Å². The highest BCUT2D eigenvalue weighted by Crippen LogP contribution is 2.25. The molecule has 0 bridgehead atoms. The minimum atomic E-state index is -4.00. The standard InChI is InChI=1S/C18H16FN3O4S/c1-22-18(23)9-7-16(20-22)12-4-3-5-13(10-12)21-27(24,25)14-6-8-17(26-2)15(19)11-14/h3-11,21H,1-2H3. The van der Waals surface area contributed by atoms with E-state index in [9.17, 15) is 17.6 Å². The van der Waals surface area contributed by atoms with Gasteiger partial charge in [-0.25, -0.2) is 17.5 Å². The van der Waals surface area contributed by atoms with Crippen LogP contribution in [0.1, 0.15) is 0 Å². The Morgan fingerprint density at radius 1 is 1.11 bits per heavy atom. The molecular weight excluding hydrogens is 373 g/mol. The topological polar surface area (TPSA) is 90.3 Å². The lowest BCUT2D eigenvalue weighted by Gasteiger charge is -2.11. The van der Waals surface area contributed by atoms with E-state index in [0.717, 1.165) is 6.07 Å². The summed E-state index contributed by atoms with van der Waals surface area (Å²) in [6.45, 7) is 0. The van der Waals surface area contributed by atoms with Gasteiger partial charge in [-0.1, -0.05) is 12.1 Å². The summed E-state index contributed by atoms with van der Waals surface area (Å²) in [4.78, 5) is 11.2. The van der Waals surface area contributed by atoms with Gasteiger partial charge in [-0.15, -0.1) is 0 Å². The van der Waals surface area contributed by atoms with Crippen molar-refractivity contribution in [3.05, 3.63) is 70.8 Å². The first kappa shape index (κ1) is 18.6. The van der Waals surface area contributed by atoms with Crippen molar-refractivity contribution in [3.63, 3.8) is 0 Å². The minimum absolute atomic E-state index is 0.0447. The molecule has 1 N–H and O–H groups in total. The molecule has 0 radical (unpaired) electrons. The Labute approximate surface area is 155 Å². The summed E-state index contributed by atoms with van der Waals surface area (Å²) < 4.78 is 47.2. The van der Waals surface area contributed by atoms with Crippen LogP contribution >= 0.6 is 0 Å².